The van der Waals surface area contributed by atoms with Gasteiger partial charge in [-0.25, -0.2) is 4.39 Å². The predicted molar refractivity (Wildman–Crippen MR) is 81.2 cm³/mol. The monoisotopic (exact) mass is 293 g/mol. The first-order chi connectivity index (χ1) is 9.65. The third-order valence-electron chi connectivity index (χ3n) is 2.84. The molecular weight excluding hydrogens is 273 g/mol. The van der Waals surface area contributed by atoms with Crippen molar-refractivity contribution < 1.29 is 8.81 Å². The molecule has 0 radical (unpaired) electrons. The molecule has 0 amide bonds. The van der Waals surface area contributed by atoms with Crippen molar-refractivity contribution >= 4 is 11.8 Å². The van der Waals surface area contributed by atoms with Crippen molar-refractivity contribution in [3.8, 4) is 0 Å². The zero-order chi connectivity index (χ0) is 14.4. The van der Waals surface area contributed by atoms with Crippen LogP contribution in [0.25, 0.3) is 0 Å². The second-order valence-electron chi connectivity index (χ2n) is 5.14. The van der Waals surface area contributed by atoms with E-state index in [0.29, 0.717) is 12.5 Å². The first kappa shape index (κ1) is 15.1. The molecule has 0 spiro atoms. The van der Waals surface area contributed by atoms with Gasteiger partial charge in [-0.15, -0.1) is 11.8 Å². The lowest BCUT2D eigenvalue weighted by Gasteiger charge is -2.11. The van der Waals surface area contributed by atoms with Gasteiger partial charge in [-0.2, -0.15) is 0 Å². The van der Waals surface area contributed by atoms with Crippen molar-refractivity contribution in [1.29, 1.82) is 0 Å². The van der Waals surface area contributed by atoms with Crippen LogP contribution in [-0.2, 0) is 12.3 Å². The summed E-state index contributed by atoms with van der Waals surface area (Å²) in [6.07, 6.45) is 1.67. The Morgan fingerprint density at radius 2 is 2.15 bits per heavy atom. The molecule has 108 valence electrons. The Balaban J connectivity index is 1.99. The van der Waals surface area contributed by atoms with Crippen molar-refractivity contribution in [3.63, 3.8) is 0 Å². The lowest BCUT2D eigenvalue weighted by Crippen LogP contribution is -2.19. The van der Waals surface area contributed by atoms with Crippen LogP contribution in [-0.4, -0.2) is 6.54 Å². The van der Waals surface area contributed by atoms with E-state index in [2.05, 4.69) is 19.2 Å². The summed E-state index contributed by atoms with van der Waals surface area (Å²) >= 11 is 1.67. The number of furan rings is 1. The number of halogens is 1. The molecule has 0 unspecified atom stereocenters. The van der Waals surface area contributed by atoms with Crippen molar-refractivity contribution in [2.24, 2.45) is 5.92 Å². The van der Waals surface area contributed by atoms with Crippen LogP contribution >= 0.6 is 11.8 Å². The molecule has 0 atom stereocenters. The van der Waals surface area contributed by atoms with Crippen molar-refractivity contribution in [3.05, 3.63) is 53.7 Å². The van der Waals surface area contributed by atoms with Crippen LogP contribution in [0.3, 0.4) is 0 Å². The largest absolute Gasteiger partial charge is 0.468 e. The van der Waals surface area contributed by atoms with E-state index < -0.39 is 0 Å². The summed E-state index contributed by atoms with van der Waals surface area (Å²) in [7, 11) is 0. The third kappa shape index (κ3) is 4.69. The second-order valence-corrected chi connectivity index (χ2v) is 6.16. The fourth-order valence-electron chi connectivity index (χ4n) is 1.87. The molecule has 4 heteroatoms. The van der Waals surface area contributed by atoms with Crippen LogP contribution in [0, 0.1) is 11.7 Å². The first-order valence-electron chi connectivity index (χ1n) is 6.79. The minimum absolute atomic E-state index is 0.186. The molecule has 0 aliphatic heterocycles. The summed E-state index contributed by atoms with van der Waals surface area (Å²) in [6, 6.07) is 8.79. The average molecular weight is 293 g/mol. The quantitative estimate of drug-likeness (QED) is 0.763. The molecule has 0 aliphatic rings. The Labute approximate surface area is 123 Å². The van der Waals surface area contributed by atoms with E-state index in [9.17, 15) is 4.39 Å². The van der Waals surface area contributed by atoms with Gasteiger partial charge in [0.15, 0.2) is 0 Å². The maximum atomic E-state index is 13.4. The minimum atomic E-state index is -0.186. The van der Waals surface area contributed by atoms with E-state index >= 15 is 0 Å². The molecule has 1 N–H and O–H groups in total. The van der Waals surface area contributed by atoms with Crippen LogP contribution in [0.15, 0.2) is 45.9 Å². The molecule has 20 heavy (non-hydrogen) atoms. The normalized spacial score (nSPS) is 11.2. The summed E-state index contributed by atoms with van der Waals surface area (Å²) in [6.45, 7) is 5.94. The molecule has 2 nitrogen and oxygen atoms in total. The summed E-state index contributed by atoms with van der Waals surface area (Å²) in [5.74, 6) is 2.09. The molecule has 0 saturated carbocycles. The van der Waals surface area contributed by atoms with Crippen LogP contribution < -0.4 is 5.32 Å². The van der Waals surface area contributed by atoms with Crippen LogP contribution in [0.4, 0.5) is 4.39 Å². The van der Waals surface area contributed by atoms with E-state index in [1.54, 1.807) is 24.1 Å². The van der Waals surface area contributed by atoms with Gasteiger partial charge in [-0.3, -0.25) is 0 Å². The third-order valence-corrected chi connectivity index (χ3v) is 3.98. The molecule has 0 bridgehead atoms. The second kappa shape index (κ2) is 7.50. The van der Waals surface area contributed by atoms with Gasteiger partial charge < -0.3 is 9.73 Å². The molecule has 1 aromatic carbocycles. The zero-order valence-electron chi connectivity index (χ0n) is 11.9. The SMILES string of the molecule is CC(C)CNCc1cc(F)ccc1SCc1ccco1. The Morgan fingerprint density at radius 1 is 1.30 bits per heavy atom. The van der Waals surface area contributed by atoms with Crippen molar-refractivity contribution in [2.75, 3.05) is 6.54 Å². The average Bonchev–Trinajstić information content (AvgIpc) is 2.90. The summed E-state index contributed by atoms with van der Waals surface area (Å²) < 4.78 is 18.7. The number of rotatable bonds is 7. The molecule has 0 aliphatic carbocycles. The summed E-state index contributed by atoms with van der Waals surface area (Å²) in [4.78, 5) is 1.10. The highest BCUT2D eigenvalue weighted by molar-refractivity contribution is 7.98. The Hall–Kier alpha value is -1.26. The number of hydrogen-bond acceptors (Lipinski definition) is 3. The van der Waals surface area contributed by atoms with Gasteiger partial charge >= 0.3 is 0 Å². The Bertz CT molecular complexity index is 525. The van der Waals surface area contributed by atoms with Crippen LogP contribution in [0.5, 0.6) is 0 Å². The summed E-state index contributed by atoms with van der Waals surface area (Å²) in [5, 5.41) is 3.36. The van der Waals surface area contributed by atoms with Gasteiger partial charge in [-0.05, 0) is 48.4 Å². The molecular formula is C16H20FNOS. The molecule has 0 saturated heterocycles. The van der Waals surface area contributed by atoms with E-state index in [-0.39, 0.29) is 5.82 Å². The highest BCUT2D eigenvalue weighted by Crippen LogP contribution is 2.27. The smallest absolute Gasteiger partial charge is 0.123 e. The zero-order valence-corrected chi connectivity index (χ0v) is 12.7. The first-order valence-corrected chi connectivity index (χ1v) is 7.78. The molecule has 2 aromatic rings. The van der Waals surface area contributed by atoms with Crippen LogP contribution in [0.1, 0.15) is 25.2 Å². The molecule has 1 aromatic heterocycles. The van der Waals surface area contributed by atoms with Gasteiger partial charge in [0, 0.05) is 11.4 Å². The topological polar surface area (TPSA) is 25.2 Å². The highest BCUT2D eigenvalue weighted by Gasteiger charge is 2.07. The van der Waals surface area contributed by atoms with Crippen LogP contribution in [0.2, 0.25) is 0 Å². The van der Waals surface area contributed by atoms with E-state index in [1.807, 2.05) is 18.2 Å². The highest BCUT2D eigenvalue weighted by atomic mass is 32.2. The number of nitrogens with one attached hydrogen (secondary N) is 1. The van der Waals surface area contributed by atoms with Gasteiger partial charge in [0.2, 0.25) is 0 Å². The molecule has 1 heterocycles. The molecule has 0 fully saturated rings. The fourth-order valence-corrected chi connectivity index (χ4v) is 2.81. The maximum Gasteiger partial charge on any atom is 0.123 e. The Morgan fingerprint density at radius 3 is 2.85 bits per heavy atom. The van der Waals surface area contributed by atoms with E-state index in [4.69, 9.17) is 4.42 Å². The van der Waals surface area contributed by atoms with Gasteiger partial charge in [0.25, 0.3) is 0 Å². The fraction of sp³-hybridized carbons (Fsp3) is 0.375. The maximum absolute atomic E-state index is 13.4. The van der Waals surface area contributed by atoms with Gasteiger partial charge in [0.1, 0.15) is 11.6 Å². The van der Waals surface area contributed by atoms with E-state index in [0.717, 1.165) is 28.5 Å². The van der Waals surface area contributed by atoms with Crippen molar-refractivity contribution in [2.45, 2.75) is 31.0 Å². The number of hydrogen-bond donors (Lipinski definition) is 1. The standard InChI is InChI=1S/C16H20FNOS/c1-12(2)9-18-10-13-8-14(17)5-6-16(13)20-11-15-4-3-7-19-15/h3-8,12,18H,9-11H2,1-2H3. The van der Waals surface area contributed by atoms with E-state index in [1.165, 1.54) is 6.07 Å². The van der Waals surface area contributed by atoms with Crippen molar-refractivity contribution in [1.82, 2.24) is 5.32 Å². The Kier molecular flexibility index (Phi) is 5.68. The van der Waals surface area contributed by atoms with Gasteiger partial charge in [-0.1, -0.05) is 13.8 Å². The number of benzene rings is 1. The minimum Gasteiger partial charge on any atom is -0.468 e. The lowest BCUT2D eigenvalue weighted by atomic mass is 10.2. The predicted octanol–water partition coefficient (Wildman–Crippen LogP) is 4.46. The summed E-state index contributed by atoms with van der Waals surface area (Å²) in [5.41, 5.74) is 1.00. The lowest BCUT2D eigenvalue weighted by molar-refractivity contribution is 0.530. The number of thioether (sulfide) groups is 1. The van der Waals surface area contributed by atoms with Gasteiger partial charge in [0.05, 0.1) is 12.0 Å². The molecule has 2 rings (SSSR count).